The molecule has 0 N–H and O–H groups in total. The molecular weight excluding hydrogens is 366 g/mol. The molecule has 2 aromatic heterocycles. The molecule has 1 fully saturated rings. The molecule has 0 aliphatic heterocycles. The lowest BCUT2D eigenvalue weighted by molar-refractivity contribution is 0.239. The van der Waals surface area contributed by atoms with Crippen LogP contribution in [-0.2, 0) is 6.61 Å². The van der Waals surface area contributed by atoms with Gasteiger partial charge in [-0.05, 0) is 29.5 Å². The first-order valence-corrected chi connectivity index (χ1v) is 10.1. The van der Waals surface area contributed by atoms with Crippen molar-refractivity contribution in [2.24, 2.45) is 5.92 Å². The van der Waals surface area contributed by atoms with E-state index >= 15 is 0 Å². The van der Waals surface area contributed by atoms with Crippen LogP contribution in [-0.4, -0.2) is 12.3 Å². The van der Waals surface area contributed by atoms with Crippen molar-refractivity contribution in [2.45, 2.75) is 44.6 Å². The van der Waals surface area contributed by atoms with Crippen molar-refractivity contribution >= 4 is 0 Å². The number of allylic oxidation sites excluding steroid dienone is 1. The maximum atomic E-state index is 6.10. The Bertz CT molecular complexity index is 939. The topological polar surface area (TPSA) is 57.6 Å². The van der Waals surface area contributed by atoms with E-state index in [4.69, 9.17) is 18.4 Å². The highest BCUT2D eigenvalue weighted by atomic mass is 16.5. The summed E-state index contributed by atoms with van der Waals surface area (Å²) in [5.41, 5.74) is 1.98. The first kappa shape index (κ1) is 19.4. The minimum Gasteiger partial charge on any atom is -0.493 e. The number of ether oxygens (including phenoxy) is 2. The number of methoxy groups -OCH3 is 1. The Morgan fingerprint density at radius 3 is 2.66 bits per heavy atom. The van der Waals surface area contributed by atoms with Gasteiger partial charge in [0.1, 0.15) is 6.61 Å². The number of nitrogens with zero attached hydrogens (tertiary/aromatic N) is 1. The van der Waals surface area contributed by atoms with Gasteiger partial charge in [0.2, 0.25) is 0 Å². The van der Waals surface area contributed by atoms with Crippen molar-refractivity contribution in [3.05, 3.63) is 78.0 Å². The van der Waals surface area contributed by atoms with Crippen LogP contribution >= 0.6 is 0 Å². The molecule has 0 bridgehead atoms. The van der Waals surface area contributed by atoms with Crippen molar-refractivity contribution in [2.75, 3.05) is 7.11 Å². The molecular formula is C24H27NO4. The zero-order chi connectivity index (χ0) is 20.2. The molecule has 2 unspecified atom stereocenters. The lowest BCUT2D eigenvalue weighted by Gasteiger charge is -2.31. The van der Waals surface area contributed by atoms with Crippen LogP contribution < -0.4 is 9.47 Å². The van der Waals surface area contributed by atoms with E-state index in [0.29, 0.717) is 24.2 Å². The maximum Gasteiger partial charge on any atom is 0.258 e. The van der Waals surface area contributed by atoms with Gasteiger partial charge in [0.15, 0.2) is 17.3 Å². The number of hydrogen-bond donors (Lipinski definition) is 0. The van der Waals surface area contributed by atoms with Crippen LogP contribution in [0.5, 0.6) is 11.6 Å². The highest BCUT2D eigenvalue weighted by molar-refractivity contribution is 5.43. The fraction of sp³-hybridized carbons (Fsp3) is 0.375. The highest BCUT2D eigenvalue weighted by Gasteiger charge is 2.36. The quantitative estimate of drug-likeness (QED) is 0.413. The van der Waals surface area contributed by atoms with Crippen LogP contribution in [0.1, 0.15) is 60.7 Å². The third kappa shape index (κ3) is 3.82. The van der Waals surface area contributed by atoms with Gasteiger partial charge in [0.05, 0.1) is 24.9 Å². The number of benzene rings is 1. The van der Waals surface area contributed by atoms with Gasteiger partial charge >= 0.3 is 0 Å². The Morgan fingerprint density at radius 2 is 2.00 bits per heavy atom. The minimum atomic E-state index is -0.130. The summed E-state index contributed by atoms with van der Waals surface area (Å²) in [6.07, 6.45) is 7.21. The van der Waals surface area contributed by atoms with Gasteiger partial charge in [-0.3, -0.25) is 0 Å². The first-order chi connectivity index (χ1) is 14.2. The zero-order valence-electron chi connectivity index (χ0n) is 17.0. The molecule has 0 spiro atoms. The van der Waals surface area contributed by atoms with Crippen LogP contribution in [0.3, 0.4) is 0 Å². The number of aromatic nitrogens is 1. The third-order valence-electron chi connectivity index (χ3n) is 5.86. The molecule has 152 valence electrons. The largest absolute Gasteiger partial charge is 0.493 e. The molecule has 0 saturated heterocycles. The summed E-state index contributed by atoms with van der Waals surface area (Å²) in [5, 5.41) is 4.30. The number of furan rings is 1. The fourth-order valence-electron chi connectivity index (χ4n) is 4.00. The van der Waals surface area contributed by atoms with E-state index in [9.17, 15) is 0 Å². The molecule has 1 aromatic carbocycles. The molecule has 1 aliphatic rings. The predicted octanol–water partition coefficient (Wildman–Crippen LogP) is 6.08. The molecule has 0 amide bonds. The summed E-state index contributed by atoms with van der Waals surface area (Å²) >= 11 is 0. The zero-order valence-corrected chi connectivity index (χ0v) is 17.0. The molecule has 2 heterocycles. The minimum absolute atomic E-state index is 0.115. The predicted molar refractivity (Wildman–Crippen MR) is 110 cm³/mol. The highest BCUT2D eigenvalue weighted by Crippen LogP contribution is 2.46. The molecule has 29 heavy (non-hydrogen) atoms. The average molecular weight is 393 g/mol. The summed E-state index contributed by atoms with van der Waals surface area (Å²) in [6, 6.07) is 11.9. The van der Waals surface area contributed by atoms with Crippen LogP contribution in [0.2, 0.25) is 0 Å². The van der Waals surface area contributed by atoms with E-state index in [-0.39, 0.29) is 11.8 Å². The standard InChI is InChI=1S/C24H27NO4/c1-4-19(18-11-8-12-18)23-21(16(2)22-20(26-3)13-14-27-22)24(25-29-23)28-15-17-9-6-5-7-10-17/h4-7,9-10,13-14,16,18-19H,1,8,11-12,15H2,2-3H3. The lowest BCUT2D eigenvalue weighted by atomic mass is 9.73. The molecule has 4 rings (SSSR count). The first-order valence-electron chi connectivity index (χ1n) is 10.1. The number of hydrogen-bond acceptors (Lipinski definition) is 5. The van der Waals surface area contributed by atoms with Crippen LogP contribution in [0.4, 0.5) is 0 Å². The second kappa shape index (κ2) is 8.60. The van der Waals surface area contributed by atoms with Gasteiger partial charge in [-0.1, -0.05) is 49.8 Å². The summed E-state index contributed by atoms with van der Waals surface area (Å²) in [6.45, 7) is 6.55. The van der Waals surface area contributed by atoms with E-state index in [1.165, 1.54) is 19.3 Å². The Morgan fingerprint density at radius 1 is 1.21 bits per heavy atom. The van der Waals surface area contributed by atoms with Gasteiger partial charge in [-0.2, -0.15) is 0 Å². The lowest BCUT2D eigenvalue weighted by Crippen LogP contribution is -2.20. The summed E-state index contributed by atoms with van der Waals surface area (Å²) in [5.74, 6) is 3.28. The van der Waals surface area contributed by atoms with Gasteiger partial charge in [0.25, 0.3) is 5.88 Å². The Kier molecular flexibility index (Phi) is 5.74. The third-order valence-corrected chi connectivity index (χ3v) is 5.86. The summed E-state index contributed by atoms with van der Waals surface area (Å²) < 4.78 is 23.2. The second-order valence-corrected chi connectivity index (χ2v) is 7.57. The van der Waals surface area contributed by atoms with E-state index in [1.54, 1.807) is 13.4 Å². The summed E-state index contributed by atoms with van der Waals surface area (Å²) in [7, 11) is 1.64. The van der Waals surface area contributed by atoms with E-state index in [1.807, 2.05) is 42.5 Å². The van der Waals surface area contributed by atoms with E-state index in [2.05, 4.69) is 18.7 Å². The van der Waals surface area contributed by atoms with Gasteiger partial charge in [-0.25, -0.2) is 0 Å². The van der Waals surface area contributed by atoms with E-state index in [0.717, 1.165) is 22.6 Å². The molecule has 2 atom stereocenters. The number of rotatable bonds is 9. The Balaban J connectivity index is 1.69. The molecule has 5 nitrogen and oxygen atoms in total. The van der Waals surface area contributed by atoms with Crippen molar-refractivity contribution in [1.29, 1.82) is 0 Å². The SMILES string of the molecule is C=CC(c1onc(OCc2ccccc2)c1C(C)c1occc1OC)C1CCC1. The van der Waals surface area contributed by atoms with Crippen molar-refractivity contribution in [3.63, 3.8) is 0 Å². The van der Waals surface area contributed by atoms with Crippen LogP contribution in [0.15, 0.2) is 64.3 Å². The van der Waals surface area contributed by atoms with Gasteiger partial charge in [-0.15, -0.1) is 6.58 Å². The van der Waals surface area contributed by atoms with Crippen LogP contribution in [0, 0.1) is 5.92 Å². The molecule has 1 aliphatic carbocycles. The average Bonchev–Trinajstić information content (AvgIpc) is 3.36. The Hall–Kier alpha value is -2.95. The van der Waals surface area contributed by atoms with Crippen LogP contribution in [0.25, 0.3) is 0 Å². The Labute approximate surface area is 171 Å². The normalized spacial score (nSPS) is 16.1. The van der Waals surface area contributed by atoms with E-state index < -0.39 is 0 Å². The smallest absolute Gasteiger partial charge is 0.258 e. The van der Waals surface area contributed by atoms with Crippen molar-refractivity contribution in [1.82, 2.24) is 5.16 Å². The second-order valence-electron chi connectivity index (χ2n) is 7.57. The van der Waals surface area contributed by atoms with Crippen molar-refractivity contribution in [3.8, 4) is 11.6 Å². The summed E-state index contributed by atoms with van der Waals surface area (Å²) in [4.78, 5) is 0. The fourth-order valence-corrected chi connectivity index (χ4v) is 4.00. The molecule has 3 aromatic rings. The maximum absolute atomic E-state index is 6.10. The van der Waals surface area contributed by atoms with Gasteiger partial charge < -0.3 is 18.4 Å². The van der Waals surface area contributed by atoms with Gasteiger partial charge in [0, 0.05) is 12.0 Å². The monoisotopic (exact) mass is 393 g/mol. The van der Waals surface area contributed by atoms with Crippen molar-refractivity contribution < 1.29 is 18.4 Å². The molecule has 0 radical (unpaired) electrons. The molecule has 5 heteroatoms. The molecule has 1 saturated carbocycles.